The zero-order chi connectivity index (χ0) is 11.8. The van der Waals surface area contributed by atoms with Crippen LogP contribution in [0.2, 0.25) is 0 Å². The van der Waals surface area contributed by atoms with E-state index >= 15 is 0 Å². The summed E-state index contributed by atoms with van der Waals surface area (Å²) in [4.78, 5) is 0. The van der Waals surface area contributed by atoms with E-state index in [0.29, 0.717) is 11.3 Å². The van der Waals surface area contributed by atoms with Crippen molar-refractivity contribution in [1.82, 2.24) is 0 Å². The second-order valence-electron chi connectivity index (χ2n) is 6.27. The van der Waals surface area contributed by atoms with Crippen LogP contribution in [0.5, 0.6) is 0 Å². The molecule has 1 saturated carbocycles. The Morgan fingerprint density at radius 2 is 1.69 bits per heavy atom. The largest absolute Gasteiger partial charge is 0.0648 e. The van der Waals surface area contributed by atoms with Crippen LogP contribution in [0.1, 0.15) is 69.9 Å². The Labute approximate surface area is 100 Å². The molecule has 0 heterocycles. The number of hydrogen-bond acceptors (Lipinski definition) is 0. The van der Waals surface area contributed by atoms with E-state index in [2.05, 4.69) is 52.0 Å². The van der Waals surface area contributed by atoms with Crippen LogP contribution in [0.25, 0.3) is 0 Å². The number of rotatable bonds is 3. The summed E-state index contributed by atoms with van der Waals surface area (Å²) in [5.74, 6) is 1.56. The average molecular weight is 216 g/mol. The lowest BCUT2D eigenvalue weighted by atomic mass is 9.75. The fourth-order valence-electron chi connectivity index (χ4n) is 2.77. The standard InChI is InChI=1S/C16H24/c1-5-15(16(2,3)4)14-10-8-13(9-11-14)12-6-7-12/h8-12,15H,5-7H2,1-4H3. The molecule has 1 aromatic carbocycles. The maximum absolute atomic E-state index is 2.35. The van der Waals surface area contributed by atoms with Crippen LogP contribution in [-0.2, 0) is 0 Å². The first-order valence-electron chi connectivity index (χ1n) is 6.62. The molecule has 0 aromatic heterocycles. The molecule has 2 rings (SSSR count). The summed E-state index contributed by atoms with van der Waals surface area (Å²) in [6, 6.07) is 9.41. The summed E-state index contributed by atoms with van der Waals surface area (Å²) in [7, 11) is 0. The minimum Gasteiger partial charge on any atom is -0.0648 e. The van der Waals surface area contributed by atoms with Crippen LogP contribution in [0, 0.1) is 5.41 Å². The van der Waals surface area contributed by atoms with E-state index in [0.717, 1.165) is 5.92 Å². The zero-order valence-electron chi connectivity index (χ0n) is 11.1. The molecule has 1 fully saturated rings. The molecule has 1 aliphatic rings. The molecule has 0 aliphatic heterocycles. The molecular weight excluding hydrogens is 192 g/mol. The topological polar surface area (TPSA) is 0 Å². The lowest BCUT2D eigenvalue weighted by molar-refractivity contribution is 0.312. The molecule has 0 saturated heterocycles. The maximum Gasteiger partial charge on any atom is -0.0116 e. The van der Waals surface area contributed by atoms with Gasteiger partial charge in [0.15, 0.2) is 0 Å². The molecule has 0 bridgehead atoms. The number of hydrogen-bond donors (Lipinski definition) is 0. The normalized spacial score (nSPS) is 18.5. The van der Waals surface area contributed by atoms with Crippen LogP contribution >= 0.6 is 0 Å². The Morgan fingerprint density at radius 3 is 2.06 bits per heavy atom. The molecule has 0 N–H and O–H groups in total. The summed E-state index contributed by atoms with van der Waals surface area (Å²) in [5, 5.41) is 0. The van der Waals surface area contributed by atoms with E-state index < -0.39 is 0 Å². The van der Waals surface area contributed by atoms with Crippen molar-refractivity contribution in [3.05, 3.63) is 35.4 Å². The predicted molar refractivity (Wildman–Crippen MR) is 70.9 cm³/mol. The molecule has 1 aliphatic carbocycles. The predicted octanol–water partition coefficient (Wildman–Crippen LogP) is 5.10. The van der Waals surface area contributed by atoms with Crippen molar-refractivity contribution < 1.29 is 0 Å². The van der Waals surface area contributed by atoms with Crippen molar-refractivity contribution >= 4 is 0 Å². The van der Waals surface area contributed by atoms with Crippen molar-refractivity contribution in [2.45, 2.75) is 58.8 Å². The molecule has 1 unspecified atom stereocenters. The highest BCUT2D eigenvalue weighted by atomic mass is 14.3. The summed E-state index contributed by atoms with van der Waals surface area (Å²) < 4.78 is 0. The van der Waals surface area contributed by atoms with Crippen LogP contribution in [0.4, 0.5) is 0 Å². The van der Waals surface area contributed by atoms with E-state index in [1.807, 2.05) is 0 Å². The van der Waals surface area contributed by atoms with Gasteiger partial charge in [-0.25, -0.2) is 0 Å². The summed E-state index contributed by atoms with van der Waals surface area (Å²) in [6.45, 7) is 9.33. The second-order valence-corrected chi connectivity index (χ2v) is 6.27. The Hall–Kier alpha value is -0.780. The Morgan fingerprint density at radius 1 is 1.12 bits per heavy atom. The van der Waals surface area contributed by atoms with E-state index in [4.69, 9.17) is 0 Å². The minimum atomic E-state index is 0.371. The third-order valence-corrected chi connectivity index (χ3v) is 3.84. The third-order valence-electron chi connectivity index (χ3n) is 3.84. The zero-order valence-corrected chi connectivity index (χ0v) is 11.1. The first-order chi connectivity index (χ1) is 7.52. The molecule has 0 radical (unpaired) electrons. The Bertz CT molecular complexity index is 335. The van der Waals surface area contributed by atoms with Crippen molar-refractivity contribution in [1.29, 1.82) is 0 Å². The van der Waals surface area contributed by atoms with Gasteiger partial charge in [-0.2, -0.15) is 0 Å². The van der Waals surface area contributed by atoms with Gasteiger partial charge in [0.25, 0.3) is 0 Å². The van der Waals surface area contributed by atoms with E-state index in [1.54, 1.807) is 5.56 Å². The molecule has 0 spiro atoms. The highest BCUT2D eigenvalue weighted by Crippen LogP contribution is 2.42. The van der Waals surface area contributed by atoms with Gasteiger partial charge >= 0.3 is 0 Å². The highest BCUT2D eigenvalue weighted by molar-refractivity contribution is 5.30. The van der Waals surface area contributed by atoms with Gasteiger partial charge in [-0.3, -0.25) is 0 Å². The smallest absolute Gasteiger partial charge is 0.0116 e. The van der Waals surface area contributed by atoms with Crippen LogP contribution < -0.4 is 0 Å². The van der Waals surface area contributed by atoms with Gasteiger partial charge in [0.2, 0.25) is 0 Å². The Kier molecular flexibility index (Phi) is 3.10. The van der Waals surface area contributed by atoms with Gasteiger partial charge in [-0.05, 0) is 47.6 Å². The molecule has 1 aromatic rings. The summed E-state index contributed by atoms with van der Waals surface area (Å²) in [6.07, 6.45) is 4.03. The molecule has 16 heavy (non-hydrogen) atoms. The van der Waals surface area contributed by atoms with Crippen molar-refractivity contribution in [2.24, 2.45) is 5.41 Å². The first kappa shape index (κ1) is 11.7. The van der Waals surface area contributed by atoms with E-state index in [-0.39, 0.29) is 0 Å². The highest BCUT2D eigenvalue weighted by Gasteiger charge is 2.26. The van der Waals surface area contributed by atoms with E-state index in [9.17, 15) is 0 Å². The average Bonchev–Trinajstić information content (AvgIpc) is 3.01. The SMILES string of the molecule is CCC(c1ccc(C2CC2)cc1)C(C)(C)C. The van der Waals surface area contributed by atoms with Crippen molar-refractivity contribution in [3.63, 3.8) is 0 Å². The fraction of sp³-hybridized carbons (Fsp3) is 0.625. The molecule has 1 atom stereocenters. The molecule has 0 nitrogen and oxygen atoms in total. The van der Waals surface area contributed by atoms with Crippen molar-refractivity contribution in [3.8, 4) is 0 Å². The van der Waals surface area contributed by atoms with Gasteiger partial charge in [0.05, 0.1) is 0 Å². The molecule has 88 valence electrons. The van der Waals surface area contributed by atoms with E-state index in [1.165, 1.54) is 24.8 Å². The van der Waals surface area contributed by atoms with Gasteiger partial charge in [0.1, 0.15) is 0 Å². The second kappa shape index (κ2) is 4.24. The van der Waals surface area contributed by atoms with Crippen LogP contribution in [-0.4, -0.2) is 0 Å². The van der Waals surface area contributed by atoms with Crippen LogP contribution in [0.15, 0.2) is 24.3 Å². The van der Waals surface area contributed by atoms with Gasteiger partial charge in [-0.1, -0.05) is 52.0 Å². The lowest BCUT2D eigenvalue weighted by Crippen LogP contribution is -2.17. The van der Waals surface area contributed by atoms with Gasteiger partial charge in [0, 0.05) is 0 Å². The monoisotopic (exact) mass is 216 g/mol. The van der Waals surface area contributed by atoms with Crippen LogP contribution in [0.3, 0.4) is 0 Å². The third kappa shape index (κ3) is 2.48. The Balaban J connectivity index is 2.18. The quantitative estimate of drug-likeness (QED) is 0.659. The molecular formula is C16H24. The number of benzene rings is 1. The molecule has 0 amide bonds. The molecule has 0 heteroatoms. The van der Waals surface area contributed by atoms with Gasteiger partial charge in [-0.15, -0.1) is 0 Å². The minimum absolute atomic E-state index is 0.371. The summed E-state index contributed by atoms with van der Waals surface area (Å²) >= 11 is 0. The fourth-order valence-corrected chi connectivity index (χ4v) is 2.77. The van der Waals surface area contributed by atoms with Crippen molar-refractivity contribution in [2.75, 3.05) is 0 Å². The first-order valence-corrected chi connectivity index (χ1v) is 6.62. The maximum atomic E-state index is 2.35. The van der Waals surface area contributed by atoms with Gasteiger partial charge < -0.3 is 0 Å². The lowest BCUT2D eigenvalue weighted by Gasteiger charge is -2.30. The summed E-state index contributed by atoms with van der Waals surface area (Å²) in [5.41, 5.74) is 3.43.